The van der Waals surface area contributed by atoms with Crippen molar-refractivity contribution in [2.24, 2.45) is 5.73 Å². The van der Waals surface area contributed by atoms with E-state index in [-0.39, 0.29) is 18.5 Å². The summed E-state index contributed by atoms with van der Waals surface area (Å²) in [5.41, 5.74) is 9.52. The number of hydrogen-bond acceptors (Lipinski definition) is 2. The number of hydrogen-bond donors (Lipinski definition) is 2. The molecule has 2 aromatic rings. The van der Waals surface area contributed by atoms with Gasteiger partial charge in [0.25, 0.3) is 5.91 Å². The van der Waals surface area contributed by atoms with Crippen LogP contribution in [0.1, 0.15) is 39.9 Å². The van der Waals surface area contributed by atoms with E-state index >= 15 is 0 Å². The Bertz CT molecular complexity index is 761. The average Bonchev–Trinajstić information content (AvgIpc) is 2.75. The van der Waals surface area contributed by atoms with Crippen molar-refractivity contribution in [3.05, 3.63) is 70.3 Å². The molecular weight excluding hydrogens is 310 g/mol. The summed E-state index contributed by atoms with van der Waals surface area (Å²) in [4.78, 5) is 12.3. The van der Waals surface area contributed by atoms with Crippen molar-refractivity contribution >= 4 is 5.91 Å². The number of aryl methyl sites for hydroxylation is 1. The van der Waals surface area contributed by atoms with Crippen LogP contribution in [-0.2, 0) is 19.4 Å². The number of halogens is 2. The lowest BCUT2D eigenvalue weighted by Gasteiger charge is -2.11. The largest absolute Gasteiger partial charge is 0.348 e. The summed E-state index contributed by atoms with van der Waals surface area (Å²) in [6.45, 7) is 0.145. The fourth-order valence-corrected chi connectivity index (χ4v) is 3.07. The summed E-state index contributed by atoms with van der Waals surface area (Å²) in [5.74, 6) is -2.05. The average molecular weight is 330 g/mol. The van der Waals surface area contributed by atoms with Crippen molar-refractivity contribution in [1.82, 2.24) is 5.32 Å². The maximum atomic E-state index is 13.2. The first-order chi connectivity index (χ1) is 11.5. The molecule has 3 nitrogen and oxygen atoms in total. The van der Waals surface area contributed by atoms with Crippen LogP contribution in [0.4, 0.5) is 8.78 Å². The topological polar surface area (TPSA) is 55.1 Å². The van der Waals surface area contributed by atoms with Gasteiger partial charge in [0, 0.05) is 18.2 Å². The van der Waals surface area contributed by atoms with Crippen molar-refractivity contribution in [2.75, 3.05) is 0 Å². The van der Waals surface area contributed by atoms with Crippen LogP contribution in [0.15, 0.2) is 36.4 Å². The first-order valence-electron chi connectivity index (χ1n) is 8.12. The van der Waals surface area contributed by atoms with Gasteiger partial charge >= 0.3 is 0 Å². The van der Waals surface area contributed by atoms with Crippen molar-refractivity contribution < 1.29 is 13.6 Å². The predicted octanol–water partition coefficient (Wildman–Crippen LogP) is 3.10. The quantitative estimate of drug-likeness (QED) is 0.850. The number of carbonyl (C=O) groups is 1. The SMILES string of the molecule is NC1CCCc2ccc(C(=O)NCc3ccc(F)c(F)c3)cc2C1. The van der Waals surface area contributed by atoms with Crippen molar-refractivity contribution in [2.45, 2.75) is 38.3 Å². The Labute approximate surface area is 139 Å². The van der Waals surface area contributed by atoms with E-state index in [0.717, 1.165) is 43.4 Å². The van der Waals surface area contributed by atoms with Gasteiger partial charge in [-0.15, -0.1) is 0 Å². The molecule has 24 heavy (non-hydrogen) atoms. The van der Waals surface area contributed by atoms with E-state index in [9.17, 15) is 13.6 Å². The number of rotatable bonds is 3. The molecule has 1 atom stereocenters. The van der Waals surface area contributed by atoms with Gasteiger partial charge in [-0.25, -0.2) is 8.78 Å². The van der Waals surface area contributed by atoms with E-state index in [2.05, 4.69) is 5.32 Å². The smallest absolute Gasteiger partial charge is 0.251 e. The van der Waals surface area contributed by atoms with Crippen molar-refractivity contribution in [3.63, 3.8) is 0 Å². The zero-order valence-electron chi connectivity index (χ0n) is 13.3. The standard InChI is InChI=1S/C19H20F2N2O/c20-17-7-4-12(8-18(17)21)11-23-19(24)14-6-5-13-2-1-3-16(22)10-15(13)9-14/h4-9,16H,1-3,10-11,22H2,(H,23,24). The Kier molecular flexibility index (Phi) is 4.90. The lowest BCUT2D eigenvalue weighted by molar-refractivity contribution is 0.0950. The van der Waals surface area contributed by atoms with Crippen LogP contribution >= 0.6 is 0 Å². The number of benzene rings is 2. The minimum atomic E-state index is -0.916. The second kappa shape index (κ2) is 7.09. The summed E-state index contributed by atoms with van der Waals surface area (Å²) in [7, 11) is 0. The summed E-state index contributed by atoms with van der Waals surface area (Å²) in [5, 5.41) is 2.74. The molecule has 3 N–H and O–H groups in total. The van der Waals surface area contributed by atoms with E-state index in [4.69, 9.17) is 5.73 Å². The third-order valence-corrected chi connectivity index (χ3v) is 4.41. The van der Waals surface area contributed by atoms with E-state index in [1.54, 1.807) is 6.07 Å². The highest BCUT2D eigenvalue weighted by atomic mass is 19.2. The van der Waals surface area contributed by atoms with E-state index < -0.39 is 11.6 Å². The van der Waals surface area contributed by atoms with E-state index in [0.29, 0.717) is 11.1 Å². The van der Waals surface area contributed by atoms with Crippen LogP contribution in [0.3, 0.4) is 0 Å². The number of nitrogens with one attached hydrogen (secondary N) is 1. The Morgan fingerprint density at radius 3 is 2.75 bits per heavy atom. The summed E-state index contributed by atoms with van der Waals surface area (Å²) in [6.07, 6.45) is 3.82. The molecule has 1 unspecified atom stereocenters. The Morgan fingerprint density at radius 2 is 1.96 bits per heavy atom. The first-order valence-corrected chi connectivity index (χ1v) is 8.12. The molecule has 1 amide bonds. The fourth-order valence-electron chi connectivity index (χ4n) is 3.07. The molecule has 1 aliphatic carbocycles. The van der Waals surface area contributed by atoms with Gasteiger partial charge in [-0.1, -0.05) is 12.1 Å². The van der Waals surface area contributed by atoms with Gasteiger partial charge in [-0.3, -0.25) is 4.79 Å². The molecule has 0 aromatic heterocycles. The molecule has 1 aliphatic rings. The van der Waals surface area contributed by atoms with Crippen molar-refractivity contribution in [3.8, 4) is 0 Å². The van der Waals surface area contributed by atoms with Gasteiger partial charge in [0.15, 0.2) is 11.6 Å². The monoisotopic (exact) mass is 330 g/mol. The Hall–Kier alpha value is -2.27. The van der Waals surface area contributed by atoms with Gasteiger partial charge in [-0.2, -0.15) is 0 Å². The van der Waals surface area contributed by atoms with Crippen LogP contribution in [0.25, 0.3) is 0 Å². The van der Waals surface area contributed by atoms with Crippen LogP contribution < -0.4 is 11.1 Å². The molecular formula is C19H20F2N2O. The maximum absolute atomic E-state index is 13.2. The Morgan fingerprint density at radius 1 is 1.12 bits per heavy atom. The molecule has 3 rings (SSSR count). The number of fused-ring (bicyclic) bond motifs is 1. The minimum absolute atomic E-state index is 0.131. The first kappa shape index (κ1) is 16.6. The predicted molar refractivity (Wildman–Crippen MR) is 88.6 cm³/mol. The minimum Gasteiger partial charge on any atom is -0.348 e. The Balaban J connectivity index is 1.70. The van der Waals surface area contributed by atoms with Gasteiger partial charge in [-0.05, 0) is 66.6 Å². The molecule has 0 heterocycles. The second-order valence-electron chi connectivity index (χ2n) is 6.27. The van der Waals surface area contributed by atoms with E-state index in [1.807, 2.05) is 12.1 Å². The van der Waals surface area contributed by atoms with E-state index in [1.165, 1.54) is 11.6 Å². The molecule has 0 spiro atoms. The van der Waals surface area contributed by atoms with Crippen molar-refractivity contribution in [1.29, 1.82) is 0 Å². The van der Waals surface area contributed by atoms with Gasteiger partial charge < -0.3 is 11.1 Å². The van der Waals surface area contributed by atoms with Gasteiger partial charge in [0.2, 0.25) is 0 Å². The normalized spacial score (nSPS) is 17.0. The molecule has 0 bridgehead atoms. The number of carbonyl (C=O) groups excluding carboxylic acids is 1. The molecule has 126 valence electrons. The van der Waals surface area contributed by atoms with Gasteiger partial charge in [0.05, 0.1) is 0 Å². The maximum Gasteiger partial charge on any atom is 0.251 e. The molecule has 5 heteroatoms. The summed E-state index contributed by atoms with van der Waals surface area (Å²) < 4.78 is 26.1. The molecule has 0 saturated carbocycles. The van der Waals surface area contributed by atoms with Crippen LogP contribution in [0, 0.1) is 11.6 Å². The molecule has 0 aliphatic heterocycles. The highest BCUT2D eigenvalue weighted by Gasteiger charge is 2.16. The third kappa shape index (κ3) is 3.79. The zero-order valence-corrected chi connectivity index (χ0v) is 13.3. The lowest BCUT2D eigenvalue weighted by Crippen LogP contribution is -2.24. The van der Waals surface area contributed by atoms with Crippen LogP contribution in [0.2, 0.25) is 0 Å². The molecule has 0 fully saturated rings. The number of nitrogens with two attached hydrogens (primary N) is 1. The third-order valence-electron chi connectivity index (χ3n) is 4.41. The van der Waals surface area contributed by atoms with Crippen LogP contribution in [-0.4, -0.2) is 11.9 Å². The number of amides is 1. The molecule has 0 saturated heterocycles. The lowest BCUT2D eigenvalue weighted by atomic mass is 9.99. The molecule has 0 radical (unpaired) electrons. The second-order valence-corrected chi connectivity index (χ2v) is 6.27. The highest BCUT2D eigenvalue weighted by molar-refractivity contribution is 5.94. The summed E-state index contributed by atoms with van der Waals surface area (Å²) >= 11 is 0. The molecule has 2 aromatic carbocycles. The summed E-state index contributed by atoms with van der Waals surface area (Å²) in [6, 6.07) is 9.41. The van der Waals surface area contributed by atoms with Gasteiger partial charge in [0.1, 0.15) is 0 Å². The fraction of sp³-hybridized carbons (Fsp3) is 0.316. The zero-order chi connectivity index (χ0) is 17.1. The van der Waals surface area contributed by atoms with Crippen LogP contribution in [0.5, 0.6) is 0 Å². The highest BCUT2D eigenvalue weighted by Crippen LogP contribution is 2.21.